The maximum absolute atomic E-state index is 14.6. The molecule has 0 radical (unpaired) electrons. The van der Waals surface area contributed by atoms with Crippen LogP contribution in [0.4, 0.5) is 10.1 Å². The number of aryl methyl sites for hydroxylation is 2. The first kappa shape index (κ1) is 28.8. The first-order valence-corrected chi connectivity index (χ1v) is 13.8. The van der Waals surface area contributed by atoms with Crippen molar-refractivity contribution in [1.82, 2.24) is 10.2 Å². The van der Waals surface area contributed by atoms with Gasteiger partial charge in [0.15, 0.2) is 0 Å². The fourth-order valence-electron chi connectivity index (χ4n) is 3.93. The molecule has 3 aromatic carbocycles. The van der Waals surface area contributed by atoms with Crippen LogP contribution < -0.4 is 9.62 Å². The second-order valence-electron chi connectivity index (χ2n) is 9.55. The maximum atomic E-state index is 14.6. The Kier molecular flexibility index (Phi) is 9.27. The lowest BCUT2D eigenvalue weighted by Crippen LogP contribution is -2.52. The van der Waals surface area contributed by atoms with E-state index in [-0.39, 0.29) is 23.0 Å². The summed E-state index contributed by atoms with van der Waals surface area (Å²) in [5, 5.41) is 2.77. The van der Waals surface area contributed by atoms with Crippen LogP contribution in [-0.2, 0) is 26.2 Å². The number of benzene rings is 3. The summed E-state index contributed by atoms with van der Waals surface area (Å²) in [6, 6.07) is 17.8. The molecule has 1 atom stereocenters. The van der Waals surface area contributed by atoms with Crippen molar-refractivity contribution >= 4 is 27.5 Å². The minimum absolute atomic E-state index is 0.0253. The van der Waals surface area contributed by atoms with Gasteiger partial charge in [-0.25, -0.2) is 12.8 Å². The van der Waals surface area contributed by atoms with Gasteiger partial charge in [-0.2, -0.15) is 0 Å². The minimum Gasteiger partial charge on any atom is -0.352 e. The molecular formula is C29H34FN3O4S. The highest BCUT2D eigenvalue weighted by Gasteiger charge is 2.33. The molecule has 0 fully saturated rings. The third-order valence-electron chi connectivity index (χ3n) is 6.29. The van der Waals surface area contributed by atoms with Crippen LogP contribution in [0.1, 0.15) is 37.5 Å². The van der Waals surface area contributed by atoms with Crippen molar-refractivity contribution in [2.24, 2.45) is 0 Å². The second-order valence-corrected chi connectivity index (χ2v) is 11.4. The van der Waals surface area contributed by atoms with Crippen molar-refractivity contribution in [2.45, 2.75) is 58.1 Å². The van der Waals surface area contributed by atoms with E-state index in [9.17, 15) is 22.4 Å². The van der Waals surface area contributed by atoms with Crippen molar-refractivity contribution in [3.05, 3.63) is 95.3 Å². The standard InChI is InChI=1S/C29H34FN3O4S/c1-20(2)31-29(35)23(5)32(18-24-11-9-10-14-27(24)30)28(34)19-33(25-16-15-21(3)22(4)17-25)38(36,37)26-12-7-6-8-13-26/h6-17,20,23H,18-19H2,1-5H3,(H,31,35)/t23-/m0/s1. The Morgan fingerprint density at radius 1 is 0.895 bits per heavy atom. The molecule has 0 spiro atoms. The van der Waals surface area contributed by atoms with Crippen molar-refractivity contribution in [3.63, 3.8) is 0 Å². The lowest BCUT2D eigenvalue weighted by atomic mass is 10.1. The number of carbonyl (C=O) groups is 2. The number of nitrogens with one attached hydrogen (secondary N) is 1. The summed E-state index contributed by atoms with van der Waals surface area (Å²) in [5.74, 6) is -1.59. The number of sulfonamides is 1. The summed E-state index contributed by atoms with van der Waals surface area (Å²) < 4.78 is 43.1. The number of anilines is 1. The van der Waals surface area contributed by atoms with E-state index in [0.717, 1.165) is 15.4 Å². The summed E-state index contributed by atoms with van der Waals surface area (Å²) in [4.78, 5) is 28.0. The molecule has 202 valence electrons. The van der Waals surface area contributed by atoms with E-state index in [4.69, 9.17) is 0 Å². The number of nitrogens with zero attached hydrogens (tertiary/aromatic N) is 2. The van der Waals surface area contributed by atoms with Crippen LogP contribution in [0.2, 0.25) is 0 Å². The molecule has 38 heavy (non-hydrogen) atoms. The minimum atomic E-state index is -4.15. The van der Waals surface area contributed by atoms with Gasteiger partial charge in [0, 0.05) is 18.2 Å². The zero-order valence-corrected chi connectivity index (χ0v) is 23.1. The van der Waals surface area contributed by atoms with Crippen molar-refractivity contribution in [1.29, 1.82) is 0 Å². The van der Waals surface area contributed by atoms with E-state index in [2.05, 4.69) is 5.32 Å². The van der Waals surface area contributed by atoms with E-state index in [0.29, 0.717) is 5.69 Å². The number of halogens is 1. The SMILES string of the molecule is Cc1ccc(N(CC(=O)N(Cc2ccccc2F)[C@@H](C)C(=O)NC(C)C)S(=O)(=O)c2ccccc2)cc1C. The Bertz CT molecular complexity index is 1390. The number of hydrogen-bond donors (Lipinski definition) is 1. The van der Waals surface area contributed by atoms with Crippen molar-refractivity contribution < 1.29 is 22.4 Å². The fourth-order valence-corrected chi connectivity index (χ4v) is 5.35. The third kappa shape index (κ3) is 6.77. The van der Waals surface area contributed by atoms with Gasteiger partial charge in [-0.1, -0.05) is 42.5 Å². The lowest BCUT2D eigenvalue weighted by molar-refractivity contribution is -0.139. The molecule has 0 aromatic heterocycles. The average Bonchev–Trinajstić information content (AvgIpc) is 2.88. The Balaban J connectivity index is 2.06. The van der Waals surface area contributed by atoms with Gasteiger partial charge in [-0.05, 0) is 76.1 Å². The van der Waals surface area contributed by atoms with Crippen LogP contribution >= 0.6 is 0 Å². The molecule has 3 aromatic rings. The van der Waals surface area contributed by atoms with Crippen LogP contribution in [0.25, 0.3) is 0 Å². The first-order valence-electron chi connectivity index (χ1n) is 12.4. The number of rotatable bonds is 10. The van der Waals surface area contributed by atoms with Crippen LogP contribution in [0, 0.1) is 19.7 Å². The van der Waals surface area contributed by atoms with Gasteiger partial charge in [0.05, 0.1) is 10.6 Å². The molecule has 0 saturated carbocycles. The largest absolute Gasteiger partial charge is 0.352 e. The van der Waals surface area contributed by atoms with Crippen LogP contribution in [0.15, 0.2) is 77.7 Å². The highest BCUT2D eigenvalue weighted by molar-refractivity contribution is 7.92. The van der Waals surface area contributed by atoms with E-state index in [1.165, 1.54) is 35.2 Å². The monoisotopic (exact) mass is 539 g/mol. The average molecular weight is 540 g/mol. The van der Waals surface area contributed by atoms with Crippen LogP contribution in [0.5, 0.6) is 0 Å². The van der Waals surface area contributed by atoms with E-state index in [1.807, 2.05) is 13.8 Å². The Hall–Kier alpha value is -3.72. The normalized spacial score (nSPS) is 12.2. The van der Waals surface area contributed by atoms with Gasteiger partial charge in [-0.3, -0.25) is 13.9 Å². The number of amides is 2. The molecule has 2 amide bonds. The molecule has 0 bridgehead atoms. The summed E-state index contributed by atoms with van der Waals surface area (Å²) in [6.45, 7) is 8.12. The zero-order valence-electron chi connectivity index (χ0n) is 22.3. The molecule has 0 aliphatic carbocycles. The third-order valence-corrected chi connectivity index (χ3v) is 8.07. The predicted molar refractivity (Wildman–Crippen MR) is 147 cm³/mol. The van der Waals surface area contributed by atoms with Crippen LogP contribution in [0.3, 0.4) is 0 Å². The molecule has 0 aliphatic rings. The lowest BCUT2D eigenvalue weighted by Gasteiger charge is -2.32. The highest BCUT2D eigenvalue weighted by atomic mass is 32.2. The summed E-state index contributed by atoms with van der Waals surface area (Å²) >= 11 is 0. The Morgan fingerprint density at radius 2 is 1.53 bits per heavy atom. The molecule has 0 heterocycles. The molecule has 0 aliphatic heterocycles. The Morgan fingerprint density at radius 3 is 2.13 bits per heavy atom. The summed E-state index contributed by atoms with van der Waals surface area (Å²) in [6.07, 6.45) is 0. The molecule has 0 saturated heterocycles. The molecule has 7 nitrogen and oxygen atoms in total. The van der Waals surface area contributed by atoms with Gasteiger partial charge in [0.1, 0.15) is 18.4 Å². The number of hydrogen-bond acceptors (Lipinski definition) is 4. The van der Waals surface area contributed by atoms with E-state index < -0.39 is 40.2 Å². The van der Waals surface area contributed by atoms with E-state index in [1.54, 1.807) is 63.2 Å². The molecule has 9 heteroatoms. The summed E-state index contributed by atoms with van der Waals surface area (Å²) in [5.41, 5.74) is 2.36. The van der Waals surface area contributed by atoms with Gasteiger partial charge in [-0.15, -0.1) is 0 Å². The first-order chi connectivity index (χ1) is 17.9. The second kappa shape index (κ2) is 12.2. The molecule has 1 N–H and O–H groups in total. The number of carbonyl (C=O) groups excluding carboxylic acids is 2. The van der Waals surface area contributed by atoms with Gasteiger partial charge in [0.2, 0.25) is 11.8 Å². The van der Waals surface area contributed by atoms with Crippen molar-refractivity contribution in [2.75, 3.05) is 10.8 Å². The van der Waals surface area contributed by atoms with Gasteiger partial charge < -0.3 is 10.2 Å². The predicted octanol–water partition coefficient (Wildman–Crippen LogP) is 4.58. The molecular weight excluding hydrogens is 505 g/mol. The molecule has 0 unspecified atom stereocenters. The highest BCUT2D eigenvalue weighted by Crippen LogP contribution is 2.26. The molecule has 3 rings (SSSR count). The zero-order chi connectivity index (χ0) is 28.0. The summed E-state index contributed by atoms with van der Waals surface area (Å²) in [7, 11) is -4.15. The van der Waals surface area contributed by atoms with Crippen molar-refractivity contribution in [3.8, 4) is 0 Å². The van der Waals surface area contributed by atoms with Gasteiger partial charge >= 0.3 is 0 Å². The Labute approximate surface area is 224 Å². The van der Waals surface area contributed by atoms with E-state index >= 15 is 0 Å². The smallest absolute Gasteiger partial charge is 0.264 e. The van der Waals surface area contributed by atoms with Gasteiger partial charge in [0.25, 0.3) is 10.0 Å². The fraction of sp³-hybridized carbons (Fsp3) is 0.310. The quantitative estimate of drug-likeness (QED) is 0.409. The maximum Gasteiger partial charge on any atom is 0.264 e. The van der Waals surface area contributed by atoms with Crippen LogP contribution in [-0.4, -0.2) is 43.8 Å². The topological polar surface area (TPSA) is 86.8 Å².